The lowest BCUT2D eigenvalue weighted by molar-refractivity contribution is 0.482. The van der Waals surface area contributed by atoms with Gasteiger partial charge in [0.05, 0.1) is 19.8 Å². The van der Waals surface area contributed by atoms with Crippen LogP contribution in [0.3, 0.4) is 0 Å². The van der Waals surface area contributed by atoms with Crippen molar-refractivity contribution < 1.29 is 13.5 Å². The van der Waals surface area contributed by atoms with Crippen LogP contribution in [0, 0.1) is 6.92 Å². The minimum atomic E-state index is -3.76. The topological polar surface area (TPSA) is 118 Å². The SMILES string of the molecule is Cc1cc2c(O)ccc(/N=N/c3nc4ccc(S(N)(=O)=O)cc4s3)c2s1. The molecule has 0 radical (unpaired) electrons. The third kappa shape index (κ3) is 3.07. The number of aryl methyl sites for hydroxylation is 1. The smallest absolute Gasteiger partial charge is 0.238 e. The zero-order valence-electron chi connectivity index (χ0n) is 13.4. The lowest BCUT2D eigenvalue weighted by Gasteiger charge is -1.97. The highest BCUT2D eigenvalue weighted by atomic mass is 32.2. The van der Waals surface area contributed by atoms with Gasteiger partial charge in [-0.25, -0.2) is 18.5 Å². The van der Waals surface area contributed by atoms with Crippen LogP contribution in [0.2, 0.25) is 0 Å². The molecule has 0 atom stereocenters. The van der Waals surface area contributed by atoms with Crippen molar-refractivity contribution in [2.75, 3.05) is 0 Å². The monoisotopic (exact) mass is 404 g/mol. The fraction of sp³-hybridized carbons (Fsp3) is 0.0625. The number of hydrogen-bond donors (Lipinski definition) is 2. The van der Waals surface area contributed by atoms with Crippen LogP contribution in [-0.2, 0) is 10.0 Å². The third-order valence-electron chi connectivity index (χ3n) is 3.68. The van der Waals surface area contributed by atoms with Crippen molar-refractivity contribution in [2.24, 2.45) is 15.4 Å². The van der Waals surface area contributed by atoms with E-state index >= 15 is 0 Å². The number of sulfonamides is 1. The highest BCUT2D eigenvalue weighted by Crippen LogP contribution is 2.39. The normalized spacial score (nSPS) is 12.5. The number of nitrogens with two attached hydrogens (primary N) is 1. The van der Waals surface area contributed by atoms with Gasteiger partial charge < -0.3 is 5.11 Å². The van der Waals surface area contributed by atoms with E-state index in [1.165, 1.54) is 34.8 Å². The summed E-state index contributed by atoms with van der Waals surface area (Å²) in [6.45, 7) is 1.96. The molecule has 132 valence electrons. The van der Waals surface area contributed by atoms with E-state index in [9.17, 15) is 13.5 Å². The van der Waals surface area contributed by atoms with Gasteiger partial charge in [0.1, 0.15) is 11.4 Å². The molecule has 2 aromatic heterocycles. The summed E-state index contributed by atoms with van der Waals surface area (Å²) in [7, 11) is -3.76. The Balaban J connectivity index is 1.74. The molecule has 0 saturated heterocycles. The molecule has 26 heavy (non-hydrogen) atoms. The van der Waals surface area contributed by atoms with Gasteiger partial charge in [0.25, 0.3) is 0 Å². The molecule has 0 aliphatic rings. The summed E-state index contributed by atoms with van der Waals surface area (Å²) in [4.78, 5) is 5.43. The average molecular weight is 404 g/mol. The predicted octanol–water partition coefficient (Wildman–Crippen LogP) is 4.59. The van der Waals surface area contributed by atoms with E-state index in [-0.39, 0.29) is 10.6 Å². The number of fused-ring (bicyclic) bond motifs is 2. The first kappa shape index (κ1) is 17.0. The van der Waals surface area contributed by atoms with Crippen molar-refractivity contribution in [3.05, 3.63) is 41.3 Å². The second-order valence-corrected chi connectivity index (χ2v) is 9.40. The summed E-state index contributed by atoms with van der Waals surface area (Å²) >= 11 is 2.75. The van der Waals surface area contributed by atoms with E-state index < -0.39 is 10.0 Å². The van der Waals surface area contributed by atoms with E-state index in [1.54, 1.807) is 18.2 Å². The zero-order valence-corrected chi connectivity index (χ0v) is 15.8. The number of azo groups is 1. The Morgan fingerprint density at radius 3 is 2.69 bits per heavy atom. The maximum atomic E-state index is 11.4. The number of phenolic OH excluding ortho intramolecular Hbond substituents is 1. The highest BCUT2D eigenvalue weighted by Gasteiger charge is 2.12. The molecule has 4 rings (SSSR count). The molecule has 3 N–H and O–H groups in total. The lowest BCUT2D eigenvalue weighted by atomic mass is 10.2. The Morgan fingerprint density at radius 1 is 1.12 bits per heavy atom. The zero-order chi connectivity index (χ0) is 18.5. The predicted molar refractivity (Wildman–Crippen MR) is 103 cm³/mol. The number of aromatic hydroxyl groups is 1. The van der Waals surface area contributed by atoms with Crippen LogP contribution in [0.25, 0.3) is 20.3 Å². The van der Waals surface area contributed by atoms with Crippen LogP contribution in [-0.4, -0.2) is 18.5 Å². The Morgan fingerprint density at radius 2 is 1.92 bits per heavy atom. The highest BCUT2D eigenvalue weighted by molar-refractivity contribution is 7.89. The number of rotatable bonds is 3. The molecule has 2 heterocycles. The molecule has 0 fully saturated rings. The number of hydrogen-bond acceptors (Lipinski definition) is 8. The van der Waals surface area contributed by atoms with Gasteiger partial charge in [-0.1, -0.05) is 11.3 Å². The molecule has 4 aromatic rings. The van der Waals surface area contributed by atoms with Gasteiger partial charge >= 0.3 is 0 Å². The van der Waals surface area contributed by atoms with Gasteiger partial charge in [-0.05, 0) is 43.3 Å². The van der Waals surface area contributed by atoms with E-state index in [0.717, 1.165) is 15.0 Å². The first-order valence-electron chi connectivity index (χ1n) is 7.38. The van der Waals surface area contributed by atoms with Crippen LogP contribution in [0.4, 0.5) is 10.8 Å². The maximum absolute atomic E-state index is 11.4. The van der Waals surface area contributed by atoms with Crippen LogP contribution >= 0.6 is 22.7 Å². The molecule has 10 heteroatoms. The Hall–Kier alpha value is -2.40. The largest absolute Gasteiger partial charge is 0.507 e. The Kier molecular flexibility index (Phi) is 3.99. The molecule has 7 nitrogen and oxygen atoms in total. The van der Waals surface area contributed by atoms with Gasteiger partial charge in [0.2, 0.25) is 15.2 Å². The second-order valence-electron chi connectivity index (χ2n) is 5.57. The summed E-state index contributed by atoms with van der Waals surface area (Å²) in [5.41, 5.74) is 1.26. The quantitative estimate of drug-likeness (QED) is 0.485. The van der Waals surface area contributed by atoms with Gasteiger partial charge in [-0.15, -0.1) is 21.6 Å². The van der Waals surface area contributed by atoms with E-state index in [1.807, 2.05) is 13.0 Å². The lowest BCUT2D eigenvalue weighted by Crippen LogP contribution is -2.11. The summed E-state index contributed by atoms with van der Waals surface area (Å²) in [6.07, 6.45) is 0. The summed E-state index contributed by atoms with van der Waals surface area (Å²) in [5.74, 6) is 0.207. The molecule has 0 aliphatic heterocycles. The number of thiophene rings is 1. The van der Waals surface area contributed by atoms with Crippen molar-refractivity contribution in [3.8, 4) is 5.75 Å². The number of primary sulfonamides is 1. The Bertz CT molecular complexity index is 1290. The first-order valence-corrected chi connectivity index (χ1v) is 10.6. The van der Waals surface area contributed by atoms with Crippen LogP contribution < -0.4 is 5.14 Å². The number of thiazole rings is 1. The van der Waals surface area contributed by atoms with E-state index in [4.69, 9.17) is 5.14 Å². The fourth-order valence-corrected chi connectivity index (χ4v) is 4.93. The maximum Gasteiger partial charge on any atom is 0.238 e. The number of phenols is 1. The number of nitrogens with zero attached hydrogens (tertiary/aromatic N) is 3. The van der Waals surface area contributed by atoms with Crippen molar-refractivity contribution in [3.63, 3.8) is 0 Å². The minimum absolute atomic E-state index is 0.0337. The summed E-state index contributed by atoms with van der Waals surface area (Å²) in [5, 5.41) is 24.7. The standard InChI is InChI=1S/C16H12N4O3S3/c1-8-6-10-13(21)5-4-12(15(10)24-8)19-20-16-18-11-3-2-9(26(17,22)23)7-14(11)25-16/h2-7,21H,1H3,(H2,17,22,23)/b20-19+. The van der Waals surface area contributed by atoms with Gasteiger partial charge in [-0.3, -0.25) is 0 Å². The molecule has 0 amide bonds. The molecule has 0 unspecified atom stereocenters. The molecule has 0 saturated carbocycles. The number of benzene rings is 2. The van der Waals surface area contributed by atoms with Crippen molar-refractivity contribution in [2.45, 2.75) is 11.8 Å². The van der Waals surface area contributed by atoms with Crippen molar-refractivity contribution in [1.29, 1.82) is 0 Å². The molecule has 0 aliphatic carbocycles. The summed E-state index contributed by atoms with van der Waals surface area (Å²) in [6, 6.07) is 9.66. The molecule has 0 bridgehead atoms. The van der Waals surface area contributed by atoms with Crippen molar-refractivity contribution in [1.82, 2.24) is 4.98 Å². The third-order valence-corrected chi connectivity index (χ3v) is 6.57. The van der Waals surface area contributed by atoms with E-state index in [0.29, 0.717) is 21.0 Å². The number of aromatic nitrogens is 1. The van der Waals surface area contributed by atoms with E-state index in [2.05, 4.69) is 15.2 Å². The fourth-order valence-electron chi connectivity index (χ4n) is 2.51. The minimum Gasteiger partial charge on any atom is -0.507 e. The average Bonchev–Trinajstić information content (AvgIpc) is 3.16. The second kappa shape index (κ2) is 6.09. The molecule has 0 spiro atoms. The van der Waals surface area contributed by atoms with Crippen molar-refractivity contribution >= 4 is 63.8 Å². The first-order chi connectivity index (χ1) is 12.3. The molecule has 2 aromatic carbocycles. The van der Waals surface area contributed by atoms with Gasteiger partial charge in [0, 0.05) is 10.3 Å². The Labute approximate surface area is 156 Å². The van der Waals surface area contributed by atoms with Gasteiger partial charge in [-0.2, -0.15) is 0 Å². The van der Waals surface area contributed by atoms with Crippen LogP contribution in [0.1, 0.15) is 4.88 Å². The molecular weight excluding hydrogens is 392 g/mol. The van der Waals surface area contributed by atoms with Gasteiger partial charge in [0.15, 0.2) is 0 Å². The summed E-state index contributed by atoms with van der Waals surface area (Å²) < 4.78 is 24.4. The van der Waals surface area contributed by atoms with Crippen LogP contribution in [0.15, 0.2) is 51.5 Å². The molecular formula is C16H12N4O3S3. The van der Waals surface area contributed by atoms with Crippen LogP contribution in [0.5, 0.6) is 5.75 Å².